The first-order valence-electron chi connectivity index (χ1n) is 7.45. The van der Waals surface area contributed by atoms with Crippen LogP contribution in [-0.2, 0) is 16.0 Å². The predicted molar refractivity (Wildman–Crippen MR) is 79.1 cm³/mol. The Balaban J connectivity index is 1.78. The molecule has 5 heteroatoms. The number of nitrogens with one attached hydrogen (secondary N) is 1. The molecule has 1 aromatic rings. The molecule has 112 valence electrons. The van der Waals surface area contributed by atoms with E-state index < -0.39 is 12.0 Å². The molecule has 3 rings (SSSR count). The van der Waals surface area contributed by atoms with Gasteiger partial charge in [-0.05, 0) is 30.4 Å². The summed E-state index contributed by atoms with van der Waals surface area (Å²) in [5.74, 6) is -0.986. The second kappa shape index (κ2) is 5.39. The minimum Gasteiger partial charge on any atom is -0.480 e. The molecule has 1 aromatic carbocycles. The topological polar surface area (TPSA) is 69.6 Å². The van der Waals surface area contributed by atoms with E-state index in [0.717, 1.165) is 24.1 Å². The van der Waals surface area contributed by atoms with Gasteiger partial charge in [0.25, 0.3) is 0 Å². The Morgan fingerprint density at radius 2 is 2.10 bits per heavy atom. The number of hydrogen-bond donors (Lipinski definition) is 2. The molecular formula is C16H20N2O3. The standard InChI is InChI=1S/C16H20N2O3/c1-10-5-4-8-18(14(10)16(20)21)15(19)13-9-11-6-2-3-7-12(11)17-13/h2-3,6-7,10,13-14,17H,4-5,8-9H2,1H3,(H,20,21). The molecule has 2 aliphatic heterocycles. The highest BCUT2D eigenvalue weighted by Gasteiger charge is 2.40. The number of hydrogen-bond acceptors (Lipinski definition) is 3. The van der Waals surface area contributed by atoms with Gasteiger partial charge in [-0.2, -0.15) is 0 Å². The molecule has 1 fully saturated rings. The Labute approximate surface area is 123 Å². The zero-order valence-corrected chi connectivity index (χ0v) is 12.1. The van der Waals surface area contributed by atoms with Gasteiger partial charge in [-0.3, -0.25) is 4.79 Å². The molecule has 5 nitrogen and oxygen atoms in total. The number of aliphatic carboxylic acids is 1. The third kappa shape index (κ3) is 2.48. The van der Waals surface area contributed by atoms with Crippen molar-refractivity contribution >= 4 is 17.6 Å². The fraction of sp³-hybridized carbons (Fsp3) is 0.500. The number of carbonyl (C=O) groups is 2. The maximum absolute atomic E-state index is 12.7. The monoisotopic (exact) mass is 288 g/mol. The van der Waals surface area contributed by atoms with Crippen molar-refractivity contribution in [1.29, 1.82) is 0 Å². The van der Waals surface area contributed by atoms with Crippen molar-refractivity contribution in [3.63, 3.8) is 0 Å². The zero-order chi connectivity index (χ0) is 15.0. The van der Waals surface area contributed by atoms with E-state index in [4.69, 9.17) is 0 Å². The summed E-state index contributed by atoms with van der Waals surface area (Å²) < 4.78 is 0. The smallest absolute Gasteiger partial charge is 0.326 e. The van der Waals surface area contributed by atoms with Crippen molar-refractivity contribution in [2.75, 3.05) is 11.9 Å². The molecule has 0 saturated carbocycles. The Bertz CT molecular complexity index is 547. The third-order valence-corrected chi connectivity index (χ3v) is 4.54. The van der Waals surface area contributed by atoms with Crippen LogP contribution in [0, 0.1) is 5.92 Å². The first kappa shape index (κ1) is 13.9. The van der Waals surface area contributed by atoms with Crippen molar-refractivity contribution < 1.29 is 14.7 Å². The Morgan fingerprint density at radius 3 is 2.81 bits per heavy atom. The fourth-order valence-electron chi connectivity index (χ4n) is 3.46. The minimum absolute atomic E-state index is 0.00368. The van der Waals surface area contributed by atoms with Gasteiger partial charge in [0, 0.05) is 18.7 Å². The lowest BCUT2D eigenvalue weighted by Gasteiger charge is -2.38. The van der Waals surface area contributed by atoms with Crippen LogP contribution in [0.1, 0.15) is 25.3 Å². The van der Waals surface area contributed by atoms with Crippen molar-refractivity contribution in [1.82, 2.24) is 4.90 Å². The third-order valence-electron chi connectivity index (χ3n) is 4.54. The lowest BCUT2D eigenvalue weighted by atomic mass is 9.90. The van der Waals surface area contributed by atoms with Gasteiger partial charge in [-0.1, -0.05) is 25.1 Å². The van der Waals surface area contributed by atoms with E-state index in [9.17, 15) is 14.7 Å². The Kier molecular flexibility index (Phi) is 3.57. The van der Waals surface area contributed by atoms with Crippen LogP contribution in [0.3, 0.4) is 0 Å². The summed E-state index contributed by atoms with van der Waals surface area (Å²) in [5, 5.41) is 12.7. The Morgan fingerprint density at radius 1 is 1.33 bits per heavy atom. The van der Waals surface area contributed by atoms with Crippen LogP contribution in [0.15, 0.2) is 24.3 Å². The van der Waals surface area contributed by atoms with Crippen LogP contribution < -0.4 is 5.32 Å². The van der Waals surface area contributed by atoms with Crippen molar-refractivity contribution in [2.24, 2.45) is 5.92 Å². The number of para-hydroxylation sites is 1. The predicted octanol–water partition coefficient (Wildman–Crippen LogP) is 1.73. The summed E-state index contributed by atoms with van der Waals surface area (Å²) in [6.45, 7) is 2.45. The minimum atomic E-state index is -0.897. The lowest BCUT2D eigenvalue weighted by Crippen LogP contribution is -2.55. The molecule has 2 N–H and O–H groups in total. The van der Waals surface area contributed by atoms with Gasteiger partial charge in [0.1, 0.15) is 12.1 Å². The fourth-order valence-corrected chi connectivity index (χ4v) is 3.46. The van der Waals surface area contributed by atoms with Crippen LogP contribution in [0.5, 0.6) is 0 Å². The normalized spacial score (nSPS) is 27.9. The van der Waals surface area contributed by atoms with Crippen LogP contribution >= 0.6 is 0 Å². The van der Waals surface area contributed by atoms with E-state index in [-0.39, 0.29) is 17.9 Å². The van der Waals surface area contributed by atoms with E-state index in [1.807, 2.05) is 31.2 Å². The molecule has 0 bridgehead atoms. The molecule has 0 spiro atoms. The largest absolute Gasteiger partial charge is 0.480 e. The number of benzene rings is 1. The average Bonchev–Trinajstić information content (AvgIpc) is 2.89. The highest BCUT2D eigenvalue weighted by atomic mass is 16.4. The first-order valence-corrected chi connectivity index (χ1v) is 7.45. The summed E-state index contributed by atoms with van der Waals surface area (Å²) in [5.41, 5.74) is 2.10. The summed E-state index contributed by atoms with van der Waals surface area (Å²) in [7, 11) is 0. The second-order valence-electron chi connectivity index (χ2n) is 5.99. The van der Waals surface area contributed by atoms with Crippen LogP contribution in [0.25, 0.3) is 0 Å². The van der Waals surface area contributed by atoms with Crippen LogP contribution in [-0.4, -0.2) is 40.5 Å². The summed E-state index contributed by atoms with van der Waals surface area (Å²) in [6.07, 6.45) is 2.36. The summed E-state index contributed by atoms with van der Waals surface area (Å²) >= 11 is 0. The highest BCUT2D eigenvalue weighted by molar-refractivity contribution is 5.91. The van der Waals surface area contributed by atoms with Gasteiger partial charge in [0.15, 0.2) is 0 Å². The van der Waals surface area contributed by atoms with E-state index in [0.29, 0.717) is 13.0 Å². The van der Waals surface area contributed by atoms with Gasteiger partial charge in [-0.15, -0.1) is 0 Å². The molecule has 1 amide bonds. The average molecular weight is 288 g/mol. The summed E-state index contributed by atoms with van der Waals surface area (Å²) in [6, 6.07) is 6.81. The summed E-state index contributed by atoms with van der Waals surface area (Å²) in [4.78, 5) is 25.8. The zero-order valence-electron chi connectivity index (χ0n) is 12.1. The number of carboxylic acid groups (broad SMARTS) is 1. The first-order chi connectivity index (χ1) is 10.1. The van der Waals surface area contributed by atoms with Gasteiger partial charge in [0.2, 0.25) is 5.91 Å². The van der Waals surface area contributed by atoms with Gasteiger partial charge in [-0.25, -0.2) is 4.79 Å². The molecule has 21 heavy (non-hydrogen) atoms. The molecule has 3 unspecified atom stereocenters. The molecule has 0 radical (unpaired) electrons. The Hall–Kier alpha value is -2.04. The number of nitrogens with zero attached hydrogens (tertiary/aromatic N) is 1. The van der Waals surface area contributed by atoms with E-state index in [2.05, 4.69) is 5.32 Å². The van der Waals surface area contributed by atoms with Gasteiger partial charge in [0.05, 0.1) is 0 Å². The SMILES string of the molecule is CC1CCCN(C(=O)C2Cc3ccccc3N2)C1C(=O)O. The lowest BCUT2D eigenvalue weighted by molar-refractivity contribution is -0.154. The molecule has 3 atom stereocenters. The van der Waals surface area contributed by atoms with Gasteiger partial charge >= 0.3 is 5.97 Å². The number of amides is 1. The number of carbonyl (C=O) groups excluding carboxylic acids is 1. The van der Waals surface area contributed by atoms with Crippen molar-refractivity contribution in [3.05, 3.63) is 29.8 Å². The number of fused-ring (bicyclic) bond motifs is 1. The maximum atomic E-state index is 12.7. The van der Waals surface area contributed by atoms with Gasteiger partial charge < -0.3 is 15.3 Å². The molecular weight excluding hydrogens is 268 g/mol. The van der Waals surface area contributed by atoms with Crippen LogP contribution in [0.4, 0.5) is 5.69 Å². The highest BCUT2D eigenvalue weighted by Crippen LogP contribution is 2.29. The number of rotatable bonds is 2. The number of piperidine rings is 1. The number of likely N-dealkylation sites (tertiary alicyclic amines) is 1. The van der Waals surface area contributed by atoms with Crippen LogP contribution in [0.2, 0.25) is 0 Å². The van der Waals surface area contributed by atoms with E-state index in [1.165, 1.54) is 0 Å². The molecule has 2 aliphatic rings. The van der Waals surface area contributed by atoms with E-state index in [1.54, 1.807) is 4.90 Å². The molecule has 0 aromatic heterocycles. The quantitative estimate of drug-likeness (QED) is 0.869. The maximum Gasteiger partial charge on any atom is 0.326 e. The van der Waals surface area contributed by atoms with Crippen molar-refractivity contribution in [2.45, 2.75) is 38.3 Å². The number of anilines is 1. The second-order valence-corrected chi connectivity index (χ2v) is 5.99. The molecule has 0 aliphatic carbocycles. The molecule has 2 heterocycles. The van der Waals surface area contributed by atoms with E-state index >= 15 is 0 Å². The number of carboxylic acids is 1. The van der Waals surface area contributed by atoms with Crippen molar-refractivity contribution in [3.8, 4) is 0 Å². The molecule has 1 saturated heterocycles.